The highest BCUT2D eigenvalue weighted by molar-refractivity contribution is 7.92. The van der Waals surface area contributed by atoms with Crippen molar-refractivity contribution in [3.8, 4) is 5.75 Å². The summed E-state index contributed by atoms with van der Waals surface area (Å²) < 4.78 is 33.7. The van der Waals surface area contributed by atoms with Crippen LogP contribution in [0, 0.1) is 0 Å². The normalized spacial score (nSPS) is 12.4. The average molecular weight is 436 g/mol. The van der Waals surface area contributed by atoms with Crippen molar-refractivity contribution in [3.05, 3.63) is 88.4 Å². The van der Waals surface area contributed by atoms with Crippen LogP contribution < -0.4 is 9.04 Å². The van der Waals surface area contributed by atoms with E-state index in [0.29, 0.717) is 21.5 Å². The number of benzene rings is 3. The molecule has 7 heteroatoms. The predicted molar refractivity (Wildman–Crippen MR) is 114 cm³/mol. The van der Waals surface area contributed by atoms with E-state index < -0.39 is 16.1 Å². The molecule has 0 saturated carbocycles. The summed E-state index contributed by atoms with van der Waals surface area (Å²) in [5.41, 5.74) is 1.26. The summed E-state index contributed by atoms with van der Waals surface area (Å²) in [6.45, 7) is 1.82. The minimum Gasteiger partial charge on any atom is -0.497 e. The van der Waals surface area contributed by atoms with Gasteiger partial charge in [0.25, 0.3) is 10.0 Å². The Morgan fingerprint density at radius 1 is 0.893 bits per heavy atom. The molecule has 0 aliphatic carbocycles. The van der Waals surface area contributed by atoms with Crippen molar-refractivity contribution in [2.24, 2.45) is 0 Å². The lowest BCUT2D eigenvalue weighted by molar-refractivity contribution is 0.414. The highest BCUT2D eigenvalue weighted by Crippen LogP contribution is 2.35. The van der Waals surface area contributed by atoms with E-state index in [1.807, 2.05) is 31.2 Å². The Morgan fingerprint density at radius 3 is 2.21 bits per heavy atom. The topological polar surface area (TPSA) is 46.6 Å². The Hall–Kier alpha value is -2.21. The summed E-state index contributed by atoms with van der Waals surface area (Å²) in [6.07, 6.45) is 0. The van der Waals surface area contributed by atoms with Crippen LogP contribution in [0.25, 0.3) is 0 Å². The first kappa shape index (κ1) is 20.5. The van der Waals surface area contributed by atoms with Gasteiger partial charge in [0.05, 0.1) is 23.7 Å². The molecule has 0 aliphatic rings. The molecule has 0 spiro atoms. The summed E-state index contributed by atoms with van der Waals surface area (Å²) in [7, 11) is -2.31. The lowest BCUT2D eigenvalue weighted by atomic mass is 10.1. The van der Waals surface area contributed by atoms with Crippen molar-refractivity contribution in [1.29, 1.82) is 0 Å². The fraction of sp³-hybridized carbons (Fsp3) is 0.143. The van der Waals surface area contributed by atoms with Crippen LogP contribution in [0.2, 0.25) is 10.0 Å². The number of rotatable bonds is 6. The number of ether oxygens (including phenoxy) is 1. The molecule has 1 atom stereocenters. The first-order valence-corrected chi connectivity index (χ1v) is 10.7. The Kier molecular flexibility index (Phi) is 6.18. The van der Waals surface area contributed by atoms with Gasteiger partial charge in [0.15, 0.2) is 0 Å². The zero-order valence-electron chi connectivity index (χ0n) is 15.3. The van der Waals surface area contributed by atoms with Crippen molar-refractivity contribution >= 4 is 38.9 Å². The van der Waals surface area contributed by atoms with Gasteiger partial charge < -0.3 is 4.74 Å². The minimum atomic E-state index is -3.88. The molecule has 0 heterocycles. The third kappa shape index (κ3) is 4.27. The SMILES string of the molecule is COc1cccc([C@@H](C)N(c2cccc(Cl)c2)S(=O)(=O)c2ccc(Cl)cc2)c1. The van der Waals surface area contributed by atoms with Gasteiger partial charge in [-0.2, -0.15) is 0 Å². The molecule has 0 N–H and O–H groups in total. The quantitative estimate of drug-likeness (QED) is 0.479. The van der Waals surface area contributed by atoms with E-state index in [2.05, 4.69) is 0 Å². The molecule has 0 aromatic heterocycles. The van der Waals surface area contributed by atoms with E-state index in [1.165, 1.54) is 16.4 Å². The lowest BCUT2D eigenvalue weighted by Crippen LogP contribution is -2.33. The van der Waals surface area contributed by atoms with Crippen LogP contribution in [-0.2, 0) is 10.0 Å². The third-order valence-corrected chi connectivity index (χ3v) is 6.76. The Bertz CT molecular complexity index is 1070. The summed E-state index contributed by atoms with van der Waals surface area (Å²) in [6, 6.07) is 19.7. The standard InChI is InChI=1S/C21H19Cl2NO3S/c1-15(16-5-3-8-20(13-16)27-2)24(19-7-4-6-18(23)14-19)28(25,26)21-11-9-17(22)10-12-21/h3-15H,1-2H3/t15-/m1/s1. The van der Waals surface area contributed by atoms with Crippen LogP contribution >= 0.6 is 23.2 Å². The number of halogens is 2. The molecular formula is C21H19Cl2NO3S. The van der Waals surface area contributed by atoms with Gasteiger partial charge in [-0.1, -0.05) is 41.4 Å². The summed E-state index contributed by atoms with van der Waals surface area (Å²) in [4.78, 5) is 0.145. The van der Waals surface area contributed by atoms with Gasteiger partial charge in [0.1, 0.15) is 5.75 Å². The molecule has 0 fully saturated rings. The molecule has 3 aromatic carbocycles. The van der Waals surface area contributed by atoms with Gasteiger partial charge in [-0.15, -0.1) is 0 Å². The monoisotopic (exact) mass is 435 g/mol. The molecular weight excluding hydrogens is 417 g/mol. The zero-order valence-corrected chi connectivity index (χ0v) is 17.7. The highest BCUT2D eigenvalue weighted by Gasteiger charge is 2.30. The molecule has 28 heavy (non-hydrogen) atoms. The van der Waals surface area contributed by atoms with E-state index in [-0.39, 0.29) is 4.90 Å². The van der Waals surface area contributed by atoms with Crippen LogP contribution in [0.3, 0.4) is 0 Å². The number of nitrogens with zero attached hydrogens (tertiary/aromatic N) is 1. The second-order valence-electron chi connectivity index (χ2n) is 6.19. The Balaban J connectivity index is 2.15. The van der Waals surface area contributed by atoms with E-state index >= 15 is 0 Å². The Labute approximate surface area is 175 Å². The largest absolute Gasteiger partial charge is 0.497 e. The number of anilines is 1. The van der Waals surface area contributed by atoms with Crippen LogP contribution in [0.1, 0.15) is 18.5 Å². The lowest BCUT2D eigenvalue weighted by Gasteiger charge is -2.31. The summed E-state index contributed by atoms with van der Waals surface area (Å²) in [5.74, 6) is 0.652. The van der Waals surface area contributed by atoms with Crippen molar-refractivity contribution in [3.63, 3.8) is 0 Å². The Morgan fingerprint density at radius 2 is 1.57 bits per heavy atom. The zero-order chi connectivity index (χ0) is 20.3. The van der Waals surface area contributed by atoms with Gasteiger partial charge in [0.2, 0.25) is 0 Å². The fourth-order valence-electron chi connectivity index (χ4n) is 2.94. The second kappa shape index (κ2) is 8.43. The molecule has 146 valence electrons. The molecule has 0 radical (unpaired) electrons. The first-order valence-electron chi connectivity index (χ1n) is 8.52. The maximum absolute atomic E-state index is 13.5. The highest BCUT2D eigenvalue weighted by atomic mass is 35.5. The van der Waals surface area contributed by atoms with Crippen LogP contribution in [0.15, 0.2) is 77.7 Å². The van der Waals surface area contributed by atoms with E-state index in [1.54, 1.807) is 43.5 Å². The van der Waals surface area contributed by atoms with E-state index in [4.69, 9.17) is 27.9 Å². The molecule has 0 aliphatic heterocycles. The van der Waals surface area contributed by atoms with Crippen LogP contribution in [-0.4, -0.2) is 15.5 Å². The number of hydrogen-bond acceptors (Lipinski definition) is 3. The second-order valence-corrected chi connectivity index (χ2v) is 8.88. The van der Waals surface area contributed by atoms with Crippen LogP contribution in [0.4, 0.5) is 5.69 Å². The third-order valence-electron chi connectivity index (χ3n) is 4.36. The van der Waals surface area contributed by atoms with Crippen molar-refractivity contribution in [1.82, 2.24) is 0 Å². The first-order chi connectivity index (χ1) is 13.3. The smallest absolute Gasteiger partial charge is 0.264 e. The number of hydrogen-bond donors (Lipinski definition) is 0. The molecule has 0 saturated heterocycles. The molecule has 0 bridgehead atoms. The van der Waals surface area contributed by atoms with Gasteiger partial charge in [-0.05, 0) is 67.1 Å². The maximum Gasteiger partial charge on any atom is 0.264 e. The van der Waals surface area contributed by atoms with Gasteiger partial charge >= 0.3 is 0 Å². The molecule has 4 nitrogen and oxygen atoms in total. The van der Waals surface area contributed by atoms with Crippen molar-refractivity contribution in [2.75, 3.05) is 11.4 Å². The summed E-state index contributed by atoms with van der Waals surface area (Å²) >= 11 is 12.1. The van der Waals surface area contributed by atoms with Crippen LogP contribution in [0.5, 0.6) is 5.75 Å². The maximum atomic E-state index is 13.5. The van der Waals surface area contributed by atoms with E-state index in [0.717, 1.165) is 5.56 Å². The molecule has 3 aromatic rings. The average Bonchev–Trinajstić information content (AvgIpc) is 2.68. The van der Waals surface area contributed by atoms with Crippen molar-refractivity contribution < 1.29 is 13.2 Å². The fourth-order valence-corrected chi connectivity index (χ4v) is 4.89. The van der Waals surface area contributed by atoms with E-state index in [9.17, 15) is 8.42 Å². The van der Waals surface area contributed by atoms with Gasteiger partial charge in [-0.3, -0.25) is 4.31 Å². The molecule has 3 rings (SSSR count). The van der Waals surface area contributed by atoms with Gasteiger partial charge in [-0.25, -0.2) is 8.42 Å². The minimum absolute atomic E-state index is 0.145. The molecule has 0 amide bonds. The number of sulfonamides is 1. The predicted octanol–water partition coefficient (Wildman–Crippen LogP) is 5.96. The number of methoxy groups -OCH3 is 1. The van der Waals surface area contributed by atoms with Gasteiger partial charge in [0, 0.05) is 10.0 Å². The molecule has 0 unspecified atom stereocenters. The van der Waals surface area contributed by atoms with Crippen molar-refractivity contribution in [2.45, 2.75) is 17.9 Å². The summed E-state index contributed by atoms with van der Waals surface area (Å²) in [5, 5.41) is 0.917.